The minimum Gasteiger partial charge on any atom is -0.444 e. The van der Waals surface area contributed by atoms with Crippen molar-refractivity contribution in [3.8, 4) is 5.69 Å². The number of pyridine rings is 1. The normalized spacial score (nSPS) is 16.5. The number of carbonyl (C=O) groups excluding carboxylic acids is 1. The average molecular weight is 574 g/mol. The maximum absolute atomic E-state index is 14.9. The van der Waals surface area contributed by atoms with Crippen LogP contribution in [0, 0.1) is 12.7 Å². The highest BCUT2D eigenvalue weighted by Gasteiger charge is 2.32. The molecule has 0 N–H and O–H groups in total. The summed E-state index contributed by atoms with van der Waals surface area (Å²) >= 11 is 3.30. The molecule has 4 rings (SSSR count). The molecule has 1 aromatic carbocycles. The van der Waals surface area contributed by atoms with Gasteiger partial charge in [0.15, 0.2) is 0 Å². The summed E-state index contributed by atoms with van der Waals surface area (Å²) in [6.07, 6.45) is 1.35. The van der Waals surface area contributed by atoms with Crippen LogP contribution in [0.1, 0.15) is 58.7 Å². The average Bonchev–Trinajstić information content (AvgIpc) is 2.79. The number of ether oxygens (including phenoxy) is 1. The lowest BCUT2D eigenvalue weighted by molar-refractivity contribution is 0.0218. The summed E-state index contributed by atoms with van der Waals surface area (Å²) < 4.78 is 22.2. The lowest BCUT2D eigenvalue weighted by Gasteiger charge is -2.41. The summed E-state index contributed by atoms with van der Waals surface area (Å²) in [5.41, 5.74) is 1.76. The second-order valence-corrected chi connectivity index (χ2v) is 11.7. The fourth-order valence-corrected chi connectivity index (χ4v) is 5.02. The van der Waals surface area contributed by atoms with Crippen molar-refractivity contribution >= 4 is 38.7 Å². The van der Waals surface area contributed by atoms with E-state index in [9.17, 15) is 14.0 Å². The van der Waals surface area contributed by atoms with Crippen molar-refractivity contribution in [2.75, 3.05) is 24.5 Å². The first-order valence-corrected chi connectivity index (χ1v) is 13.2. The first-order chi connectivity index (χ1) is 17.3. The third-order valence-electron chi connectivity index (χ3n) is 6.39. The maximum atomic E-state index is 14.9. The van der Waals surface area contributed by atoms with Crippen LogP contribution in [0.3, 0.4) is 0 Å². The molecular formula is C27H33BrFN5O3. The van der Waals surface area contributed by atoms with E-state index in [4.69, 9.17) is 4.74 Å². The highest BCUT2D eigenvalue weighted by molar-refractivity contribution is 9.10. The Morgan fingerprint density at radius 3 is 2.57 bits per heavy atom. The molecule has 37 heavy (non-hydrogen) atoms. The summed E-state index contributed by atoms with van der Waals surface area (Å²) in [5, 5.41) is 0.510. The zero-order valence-electron chi connectivity index (χ0n) is 22.3. The third-order valence-corrected chi connectivity index (χ3v) is 7.00. The van der Waals surface area contributed by atoms with Gasteiger partial charge in [-0.15, -0.1) is 0 Å². The number of hydrogen-bond donors (Lipinski definition) is 0. The summed E-state index contributed by atoms with van der Waals surface area (Å²) in [6.45, 7) is 14.6. The van der Waals surface area contributed by atoms with Crippen LogP contribution >= 0.6 is 15.9 Å². The zero-order valence-corrected chi connectivity index (χ0v) is 23.9. The predicted octanol–water partition coefficient (Wildman–Crippen LogP) is 5.56. The number of aromatic nitrogens is 3. The SMILES string of the molecule is Cc1ccnc(C(C)C)c1-n1c(=O)nc(N2CCN(C(=O)OC(C)(C)C)C[C@@H]2C)c2cc(F)c(Br)cc21. The van der Waals surface area contributed by atoms with Gasteiger partial charge in [-0.25, -0.2) is 14.0 Å². The molecule has 0 spiro atoms. The Morgan fingerprint density at radius 2 is 1.95 bits per heavy atom. The van der Waals surface area contributed by atoms with E-state index in [1.165, 1.54) is 10.6 Å². The molecule has 1 amide bonds. The minimum atomic E-state index is -0.593. The molecule has 3 aromatic rings. The molecule has 0 bridgehead atoms. The molecule has 198 valence electrons. The van der Waals surface area contributed by atoms with E-state index in [-0.39, 0.29) is 22.5 Å². The lowest BCUT2D eigenvalue weighted by atomic mass is 10.0. The first kappa shape index (κ1) is 27.0. The molecule has 1 atom stereocenters. The number of rotatable bonds is 3. The van der Waals surface area contributed by atoms with Crippen molar-refractivity contribution in [1.82, 2.24) is 19.4 Å². The zero-order chi connectivity index (χ0) is 27.2. The lowest BCUT2D eigenvalue weighted by Crippen LogP contribution is -2.55. The Morgan fingerprint density at radius 1 is 1.24 bits per heavy atom. The van der Waals surface area contributed by atoms with Crippen LogP contribution in [0.25, 0.3) is 16.6 Å². The maximum Gasteiger partial charge on any atom is 0.410 e. The summed E-state index contributed by atoms with van der Waals surface area (Å²) in [5.74, 6) is 0.000725. The van der Waals surface area contributed by atoms with Crippen LogP contribution in [0.2, 0.25) is 0 Å². The Balaban J connectivity index is 1.85. The van der Waals surface area contributed by atoms with Crippen LogP contribution in [0.15, 0.2) is 33.7 Å². The van der Waals surface area contributed by atoms with E-state index in [1.54, 1.807) is 17.2 Å². The number of carbonyl (C=O) groups is 1. The molecule has 1 aliphatic rings. The molecular weight excluding hydrogens is 541 g/mol. The smallest absolute Gasteiger partial charge is 0.410 e. The highest BCUT2D eigenvalue weighted by atomic mass is 79.9. The van der Waals surface area contributed by atoms with E-state index in [0.717, 1.165) is 11.3 Å². The number of anilines is 1. The van der Waals surface area contributed by atoms with E-state index >= 15 is 0 Å². The summed E-state index contributed by atoms with van der Waals surface area (Å²) in [4.78, 5) is 38.9. The fourth-order valence-electron chi connectivity index (χ4n) is 4.69. The monoisotopic (exact) mass is 573 g/mol. The van der Waals surface area contributed by atoms with Gasteiger partial charge in [0, 0.05) is 37.3 Å². The van der Waals surface area contributed by atoms with Gasteiger partial charge < -0.3 is 14.5 Å². The second kappa shape index (κ2) is 10.0. The van der Waals surface area contributed by atoms with E-state index in [1.807, 2.05) is 59.4 Å². The van der Waals surface area contributed by atoms with Crippen LogP contribution < -0.4 is 10.6 Å². The van der Waals surface area contributed by atoms with Crippen LogP contribution in [0.5, 0.6) is 0 Å². The number of fused-ring (bicyclic) bond motifs is 1. The predicted molar refractivity (Wildman–Crippen MR) is 146 cm³/mol. The Hall–Kier alpha value is -3.01. The van der Waals surface area contributed by atoms with Gasteiger partial charge in [-0.3, -0.25) is 9.55 Å². The molecule has 10 heteroatoms. The summed E-state index contributed by atoms with van der Waals surface area (Å²) in [7, 11) is 0. The number of aryl methyl sites for hydroxylation is 1. The number of amides is 1. The van der Waals surface area contributed by atoms with Gasteiger partial charge in [0.2, 0.25) is 0 Å². The number of nitrogens with zero attached hydrogens (tertiary/aromatic N) is 5. The van der Waals surface area contributed by atoms with E-state index in [2.05, 4.69) is 25.9 Å². The number of halogens is 2. The van der Waals surface area contributed by atoms with Crippen molar-refractivity contribution in [1.29, 1.82) is 0 Å². The molecule has 3 heterocycles. The van der Waals surface area contributed by atoms with Crippen molar-refractivity contribution in [2.45, 2.75) is 66.0 Å². The number of piperazine rings is 1. The Labute approximate surface area is 224 Å². The molecule has 0 saturated carbocycles. The van der Waals surface area contributed by atoms with Crippen molar-refractivity contribution in [3.63, 3.8) is 0 Å². The summed E-state index contributed by atoms with van der Waals surface area (Å²) in [6, 6.07) is 4.70. The Bertz CT molecular complexity index is 1420. The highest BCUT2D eigenvalue weighted by Crippen LogP contribution is 2.33. The van der Waals surface area contributed by atoms with Gasteiger partial charge in [0.1, 0.15) is 17.2 Å². The molecule has 1 fully saturated rings. The van der Waals surface area contributed by atoms with E-state index in [0.29, 0.717) is 42.0 Å². The van der Waals surface area contributed by atoms with Gasteiger partial charge in [-0.1, -0.05) is 13.8 Å². The van der Waals surface area contributed by atoms with Gasteiger partial charge in [-0.05, 0) is 80.2 Å². The molecule has 0 aliphatic carbocycles. The standard InChI is InChI=1S/C27H33BrFN5O3/c1-15(2)22-23(16(3)8-9-30-22)34-21-13-19(28)20(29)12-18(21)24(31-25(34)35)33-11-10-32(14-17(33)4)26(36)37-27(5,6)7/h8-9,12-13,15,17H,10-11,14H2,1-7H3/t17-/m0/s1. The molecule has 2 aromatic heterocycles. The fraction of sp³-hybridized carbons (Fsp3) is 0.481. The van der Waals surface area contributed by atoms with Crippen LogP contribution in [0.4, 0.5) is 15.0 Å². The van der Waals surface area contributed by atoms with Crippen LogP contribution in [-0.2, 0) is 4.74 Å². The third kappa shape index (κ3) is 5.35. The largest absolute Gasteiger partial charge is 0.444 e. The van der Waals surface area contributed by atoms with Gasteiger partial charge in [0.25, 0.3) is 0 Å². The number of benzene rings is 1. The molecule has 1 aliphatic heterocycles. The van der Waals surface area contributed by atoms with Gasteiger partial charge in [-0.2, -0.15) is 4.98 Å². The topological polar surface area (TPSA) is 80.6 Å². The quantitative estimate of drug-likeness (QED) is 0.408. The second-order valence-electron chi connectivity index (χ2n) is 10.8. The Kier molecular flexibility index (Phi) is 7.34. The number of hydrogen-bond acceptors (Lipinski definition) is 6. The van der Waals surface area contributed by atoms with Crippen molar-refractivity contribution in [2.24, 2.45) is 0 Å². The molecule has 0 unspecified atom stereocenters. The molecule has 0 radical (unpaired) electrons. The first-order valence-electron chi connectivity index (χ1n) is 12.4. The molecule has 8 nitrogen and oxygen atoms in total. The van der Waals surface area contributed by atoms with Gasteiger partial charge in [0.05, 0.1) is 21.4 Å². The molecule has 1 saturated heterocycles. The van der Waals surface area contributed by atoms with Crippen molar-refractivity contribution < 1.29 is 13.9 Å². The van der Waals surface area contributed by atoms with Gasteiger partial charge >= 0.3 is 11.8 Å². The minimum absolute atomic E-state index is 0.0568. The van der Waals surface area contributed by atoms with Crippen molar-refractivity contribution in [3.05, 3.63) is 56.4 Å². The van der Waals surface area contributed by atoms with Crippen LogP contribution in [-0.4, -0.2) is 56.8 Å². The van der Waals surface area contributed by atoms with E-state index < -0.39 is 17.1 Å².